The molecule has 164 valence electrons. The van der Waals surface area contributed by atoms with Crippen LogP contribution in [0.2, 0.25) is 0 Å². The van der Waals surface area contributed by atoms with E-state index in [1.54, 1.807) is 0 Å². The van der Waals surface area contributed by atoms with Crippen LogP contribution in [0.4, 0.5) is 13.2 Å². The Morgan fingerprint density at radius 1 is 1.10 bits per heavy atom. The molecule has 0 unspecified atom stereocenters. The summed E-state index contributed by atoms with van der Waals surface area (Å²) in [6.07, 6.45) is -3.22. The van der Waals surface area contributed by atoms with Crippen molar-refractivity contribution in [3.63, 3.8) is 0 Å². The van der Waals surface area contributed by atoms with Crippen LogP contribution in [0.5, 0.6) is 0 Å². The van der Waals surface area contributed by atoms with Crippen molar-refractivity contribution in [3.05, 3.63) is 74.1 Å². The van der Waals surface area contributed by atoms with E-state index in [1.165, 1.54) is 14.1 Å². The van der Waals surface area contributed by atoms with E-state index in [-0.39, 0.29) is 17.3 Å². The number of benzene rings is 1. The number of aromatic nitrogens is 3. The Morgan fingerprint density at radius 2 is 1.81 bits per heavy atom. The number of alkyl halides is 3. The largest absolute Gasteiger partial charge is 0.417 e. The zero-order valence-electron chi connectivity index (χ0n) is 17.3. The first-order valence-electron chi connectivity index (χ1n) is 10.1. The zero-order chi connectivity index (χ0) is 22.3. The van der Waals surface area contributed by atoms with Gasteiger partial charge in [-0.2, -0.15) is 13.2 Å². The van der Waals surface area contributed by atoms with E-state index in [1.807, 2.05) is 30.3 Å². The van der Waals surface area contributed by atoms with Crippen LogP contribution in [0.15, 0.2) is 46.0 Å². The highest BCUT2D eigenvalue weighted by Gasteiger charge is 2.37. The van der Waals surface area contributed by atoms with Gasteiger partial charge in [0, 0.05) is 38.8 Å². The molecule has 1 aliphatic heterocycles. The Balaban J connectivity index is 1.79. The van der Waals surface area contributed by atoms with Crippen LogP contribution < -0.4 is 11.2 Å². The number of fused-ring (bicyclic) bond motifs is 1. The van der Waals surface area contributed by atoms with E-state index in [0.717, 1.165) is 29.2 Å². The van der Waals surface area contributed by atoms with Crippen molar-refractivity contribution in [3.8, 4) is 0 Å². The van der Waals surface area contributed by atoms with Gasteiger partial charge in [-0.25, -0.2) is 9.78 Å². The van der Waals surface area contributed by atoms with Gasteiger partial charge < -0.3 is 0 Å². The third-order valence-electron chi connectivity index (χ3n) is 5.91. The number of piperidine rings is 1. The topological polar surface area (TPSA) is 60.1 Å². The molecule has 1 fully saturated rings. The molecule has 1 atom stereocenters. The van der Waals surface area contributed by atoms with E-state index in [2.05, 4.69) is 9.88 Å². The Hall–Kier alpha value is -2.94. The monoisotopic (exact) mass is 432 g/mol. The van der Waals surface area contributed by atoms with Gasteiger partial charge in [0.15, 0.2) is 0 Å². The lowest BCUT2D eigenvalue weighted by Crippen LogP contribution is -2.39. The normalized spacial score (nSPS) is 17.9. The van der Waals surface area contributed by atoms with Crippen molar-refractivity contribution in [1.82, 2.24) is 19.0 Å². The number of rotatable bonds is 3. The lowest BCUT2D eigenvalue weighted by molar-refractivity contribution is -0.136. The second kappa shape index (κ2) is 7.96. The Labute approximate surface area is 176 Å². The lowest BCUT2D eigenvalue weighted by Gasteiger charge is -2.33. The summed E-state index contributed by atoms with van der Waals surface area (Å²) in [7, 11) is 2.50. The smallest absolute Gasteiger partial charge is 0.298 e. The van der Waals surface area contributed by atoms with Crippen molar-refractivity contribution in [2.45, 2.75) is 31.5 Å². The molecule has 3 heterocycles. The van der Waals surface area contributed by atoms with Crippen LogP contribution in [0.3, 0.4) is 0 Å². The number of halogens is 3. The Bertz CT molecular complexity index is 1230. The molecule has 1 aliphatic rings. The third-order valence-corrected chi connectivity index (χ3v) is 5.91. The summed E-state index contributed by atoms with van der Waals surface area (Å²) in [6, 6.07) is 10.9. The first-order valence-corrected chi connectivity index (χ1v) is 10.1. The predicted molar refractivity (Wildman–Crippen MR) is 111 cm³/mol. The van der Waals surface area contributed by atoms with Gasteiger partial charge in [0.05, 0.1) is 10.9 Å². The molecule has 31 heavy (non-hydrogen) atoms. The molecule has 9 heteroatoms. The van der Waals surface area contributed by atoms with Gasteiger partial charge >= 0.3 is 11.9 Å². The minimum Gasteiger partial charge on any atom is -0.298 e. The fraction of sp³-hybridized carbons (Fsp3) is 0.409. The molecule has 0 bridgehead atoms. The molecule has 0 saturated carbocycles. The number of hydrogen-bond donors (Lipinski definition) is 0. The minimum atomic E-state index is -4.74. The summed E-state index contributed by atoms with van der Waals surface area (Å²) in [4.78, 5) is 31.4. The third kappa shape index (κ3) is 4.01. The van der Waals surface area contributed by atoms with Crippen molar-refractivity contribution in [2.75, 3.05) is 13.1 Å². The quantitative estimate of drug-likeness (QED) is 0.639. The maximum atomic E-state index is 13.9. The summed E-state index contributed by atoms with van der Waals surface area (Å²) in [6.45, 7) is 2.11. The molecular formula is C22H23F3N4O2. The van der Waals surface area contributed by atoms with E-state index >= 15 is 0 Å². The minimum absolute atomic E-state index is 0.220. The molecule has 6 nitrogen and oxygen atoms in total. The lowest BCUT2D eigenvalue weighted by atomic mass is 9.92. The molecule has 0 radical (unpaired) electrons. The molecule has 1 aromatic carbocycles. The molecule has 0 spiro atoms. The van der Waals surface area contributed by atoms with Crippen molar-refractivity contribution in [1.29, 1.82) is 0 Å². The van der Waals surface area contributed by atoms with E-state index < -0.39 is 28.4 Å². The fourth-order valence-corrected chi connectivity index (χ4v) is 4.29. The van der Waals surface area contributed by atoms with Gasteiger partial charge in [-0.05, 0) is 31.0 Å². The van der Waals surface area contributed by atoms with Gasteiger partial charge in [0.2, 0.25) is 0 Å². The maximum Gasteiger partial charge on any atom is 0.417 e. The molecule has 3 aromatic rings. The highest BCUT2D eigenvalue weighted by molar-refractivity contribution is 5.79. The SMILES string of the molecule is Cn1c(=O)c2c(C(F)(F)F)cc([C@H]3CCCN(Cc4ccccc4)C3)nc2n(C)c1=O. The van der Waals surface area contributed by atoms with Crippen molar-refractivity contribution < 1.29 is 13.2 Å². The van der Waals surface area contributed by atoms with Crippen LogP contribution in [0.25, 0.3) is 11.0 Å². The first kappa shape index (κ1) is 21.3. The van der Waals surface area contributed by atoms with Crippen molar-refractivity contribution >= 4 is 11.0 Å². The van der Waals surface area contributed by atoms with Crippen LogP contribution in [-0.4, -0.2) is 32.1 Å². The Morgan fingerprint density at radius 3 is 2.48 bits per heavy atom. The summed E-state index contributed by atoms with van der Waals surface area (Å²) in [5, 5.41) is -0.571. The van der Waals surface area contributed by atoms with Gasteiger partial charge in [0.25, 0.3) is 5.56 Å². The molecule has 0 aliphatic carbocycles. The summed E-state index contributed by atoms with van der Waals surface area (Å²) in [5.41, 5.74) is -1.55. The Kier molecular flexibility index (Phi) is 5.47. The second-order valence-electron chi connectivity index (χ2n) is 8.06. The number of pyridine rings is 1. The molecular weight excluding hydrogens is 409 g/mol. The van der Waals surface area contributed by atoms with Gasteiger partial charge in [0.1, 0.15) is 5.65 Å². The summed E-state index contributed by atoms with van der Waals surface area (Å²) >= 11 is 0. The molecule has 0 N–H and O–H groups in total. The second-order valence-corrected chi connectivity index (χ2v) is 8.06. The average molecular weight is 432 g/mol. The molecule has 2 aromatic heterocycles. The van der Waals surface area contributed by atoms with Gasteiger partial charge in [-0.1, -0.05) is 30.3 Å². The molecule has 0 amide bonds. The van der Waals surface area contributed by atoms with Gasteiger partial charge in [-0.15, -0.1) is 0 Å². The standard InChI is InChI=1S/C22H23F3N4O2/c1-27-19-18(20(30)28(2)21(27)31)16(22(23,24)25)11-17(26-19)15-9-6-10-29(13-15)12-14-7-4-3-5-8-14/h3-5,7-8,11,15H,6,9-10,12-13H2,1-2H3/t15-/m0/s1. The number of likely N-dealkylation sites (tertiary alicyclic amines) is 1. The number of hydrogen-bond acceptors (Lipinski definition) is 4. The van der Waals surface area contributed by atoms with Crippen LogP contribution in [-0.2, 0) is 26.8 Å². The molecule has 1 saturated heterocycles. The van der Waals surface area contributed by atoms with Gasteiger partial charge in [-0.3, -0.25) is 18.8 Å². The average Bonchev–Trinajstić information content (AvgIpc) is 2.75. The number of aryl methyl sites for hydroxylation is 1. The predicted octanol–water partition coefficient (Wildman–Crippen LogP) is 3.03. The van der Waals surface area contributed by atoms with Crippen LogP contribution in [0, 0.1) is 0 Å². The van der Waals surface area contributed by atoms with E-state index in [0.29, 0.717) is 24.1 Å². The first-order chi connectivity index (χ1) is 14.7. The van der Waals surface area contributed by atoms with Crippen LogP contribution >= 0.6 is 0 Å². The number of nitrogens with zero attached hydrogens (tertiary/aromatic N) is 4. The van der Waals surface area contributed by atoms with E-state index in [4.69, 9.17) is 0 Å². The maximum absolute atomic E-state index is 13.9. The molecule has 4 rings (SSSR count). The van der Waals surface area contributed by atoms with Crippen LogP contribution in [0.1, 0.15) is 35.6 Å². The fourth-order valence-electron chi connectivity index (χ4n) is 4.29. The highest BCUT2D eigenvalue weighted by atomic mass is 19.4. The summed E-state index contributed by atoms with van der Waals surface area (Å²) in [5.74, 6) is -0.220. The van der Waals surface area contributed by atoms with Crippen molar-refractivity contribution in [2.24, 2.45) is 14.1 Å². The van der Waals surface area contributed by atoms with E-state index in [9.17, 15) is 22.8 Å². The summed E-state index contributed by atoms with van der Waals surface area (Å²) < 4.78 is 43.4. The zero-order valence-corrected chi connectivity index (χ0v) is 17.3. The highest BCUT2D eigenvalue weighted by Crippen LogP contribution is 2.36.